The normalized spacial score (nSPS) is 12.1. The molecule has 0 aliphatic rings. The number of sulfonamides is 1. The van der Waals surface area contributed by atoms with Gasteiger partial charge in [-0.1, -0.05) is 38.0 Å². The number of thiophene rings is 1. The van der Waals surface area contributed by atoms with Crippen LogP contribution in [0.25, 0.3) is 0 Å². The lowest BCUT2D eigenvalue weighted by Gasteiger charge is -2.16. The molecule has 1 heterocycles. The van der Waals surface area contributed by atoms with E-state index in [4.69, 9.17) is 5.73 Å². The monoisotopic (exact) mass is 431 g/mol. The first kappa shape index (κ1) is 23.4. The van der Waals surface area contributed by atoms with Crippen molar-refractivity contribution in [1.29, 1.82) is 0 Å². The number of nitrogens with two attached hydrogens (primary N) is 1. The number of rotatable bonds is 10. The molecule has 1 atom stereocenters. The van der Waals surface area contributed by atoms with E-state index in [1.54, 1.807) is 41.8 Å². The number of nitrogens with one attached hydrogen (secondary N) is 2. The molecule has 0 aliphatic carbocycles. The zero-order valence-corrected chi connectivity index (χ0v) is 17.6. The molecule has 27 heavy (non-hydrogen) atoms. The fourth-order valence-electron chi connectivity index (χ4n) is 2.48. The van der Waals surface area contributed by atoms with Crippen molar-refractivity contribution in [2.45, 2.75) is 42.9 Å². The molecule has 0 bridgehead atoms. The van der Waals surface area contributed by atoms with Gasteiger partial charge >= 0.3 is 0 Å². The van der Waals surface area contributed by atoms with E-state index >= 15 is 0 Å². The van der Waals surface area contributed by atoms with E-state index in [9.17, 15) is 13.2 Å². The van der Waals surface area contributed by atoms with Crippen LogP contribution in [-0.4, -0.2) is 26.9 Å². The first-order valence-electron chi connectivity index (χ1n) is 8.59. The lowest BCUT2D eigenvalue weighted by Crippen LogP contribution is -2.40. The molecule has 1 amide bonds. The average molecular weight is 432 g/mol. The molecule has 4 N–H and O–H groups in total. The maximum atomic E-state index is 12.2. The van der Waals surface area contributed by atoms with Gasteiger partial charge in [-0.2, -0.15) is 0 Å². The summed E-state index contributed by atoms with van der Waals surface area (Å²) in [4.78, 5) is 12.1. The fourth-order valence-corrected chi connectivity index (χ4v) is 4.53. The Kier molecular flexibility index (Phi) is 9.79. The summed E-state index contributed by atoms with van der Waals surface area (Å²) in [6.07, 6.45) is 3.21. The van der Waals surface area contributed by atoms with Crippen molar-refractivity contribution < 1.29 is 13.2 Å². The van der Waals surface area contributed by atoms with Gasteiger partial charge in [0.05, 0.1) is 6.42 Å². The van der Waals surface area contributed by atoms with Crippen molar-refractivity contribution in [1.82, 2.24) is 5.32 Å². The van der Waals surface area contributed by atoms with E-state index in [1.807, 2.05) is 0 Å². The average Bonchev–Trinajstić information content (AvgIpc) is 3.15. The van der Waals surface area contributed by atoms with Gasteiger partial charge in [0, 0.05) is 18.3 Å². The van der Waals surface area contributed by atoms with E-state index in [0.29, 0.717) is 12.2 Å². The molecule has 2 rings (SSSR count). The second kappa shape index (κ2) is 11.3. The lowest BCUT2D eigenvalue weighted by atomic mass is 10.1. The Morgan fingerprint density at radius 2 is 1.93 bits per heavy atom. The minimum atomic E-state index is -3.56. The molecule has 9 heteroatoms. The predicted octanol–water partition coefficient (Wildman–Crippen LogP) is 3.15. The molecule has 1 aromatic carbocycles. The quantitative estimate of drug-likeness (QED) is 0.537. The molecule has 150 valence electrons. The third-order valence-electron chi connectivity index (χ3n) is 3.89. The number of carbonyl (C=O) groups is 1. The van der Waals surface area contributed by atoms with Crippen LogP contribution in [0.2, 0.25) is 0 Å². The summed E-state index contributed by atoms with van der Waals surface area (Å²) in [6.45, 7) is 2.53. The van der Waals surface area contributed by atoms with Crippen molar-refractivity contribution in [3.63, 3.8) is 0 Å². The van der Waals surface area contributed by atoms with Crippen LogP contribution in [0, 0.1) is 0 Å². The van der Waals surface area contributed by atoms with Crippen LogP contribution in [0.1, 0.15) is 31.7 Å². The SMILES string of the molecule is CCCCC(CN)NC(=O)Cc1ccc(NS(=O)(=O)c2cccs2)cc1.Cl. The largest absolute Gasteiger partial charge is 0.352 e. The first-order chi connectivity index (χ1) is 12.4. The molecule has 1 aromatic heterocycles. The van der Waals surface area contributed by atoms with Crippen LogP contribution in [-0.2, 0) is 21.2 Å². The number of carbonyl (C=O) groups excluding carboxylic acids is 1. The van der Waals surface area contributed by atoms with Gasteiger partial charge in [0.1, 0.15) is 4.21 Å². The van der Waals surface area contributed by atoms with Gasteiger partial charge in [0.15, 0.2) is 0 Å². The molecular formula is C18H26ClN3O3S2. The van der Waals surface area contributed by atoms with Crippen molar-refractivity contribution in [2.75, 3.05) is 11.3 Å². The van der Waals surface area contributed by atoms with Gasteiger partial charge < -0.3 is 11.1 Å². The van der Waals surface area contributed by atoms with Gasteiger partial charge in [-0.3, -0.25) is 9.52 Å². The summed E-state index contributed by atoms with van der Waals surface area (Å²) < 4.78 is 27.2. The van der Waals surface area contributed by atoms with Crippen LogP contribution in [0.5, 0.6) is 0 Å². The molecule has 1 unspecified atom stereocenters. The highest BCUT2D eigenvalue weighted by Gasteiger charge is 2.15. The number of benzene rings is 1. The van der Waals surface area contributed by atoms with Crippen LogP contribution in [0.3, 0.4) is 0 Å². The van der Waals surface area contributed by atoms with E-state index in [-0.39, 0.29) is 35.0 Å². The van der Waals surface area contributed by atoms with E-state index < -0.39 is 10.0 Å². The van der Waals surface area contributed by atoms with Gasteiger partial charge in [0.2, 0.25) is 5.91 Å². The second-order valence-electron chi connectivity index (χ2n) is 6.05. The number of amides is 1. The standard InChI is InChI=1S/C18H25N3O3S2.ClH/c1-2-3-5-16(13-19)20-17(22)12-14-7-9-15(10-8-14)21-26(23,24)18-6-4-11-25-18;/h4,6-11,16,21H,2-3,5,12-13,19H2,1H3,(H,20,22);1H. The summed E-state index contributed by atoms with van der Waals surface area (Å²) in [5, 5.41) is 4.66. The molecule has 2 aromatic rings. The lowest BCUT2D eigenvalue weighted by molar-refractivity contribution is -0.121. The number of hydrogen-bond donors (Lipinski definition) is 3. The number of hydrogen-bond acceptors (Lipinski definition) is 5. The smallest absolute Gasteiger partial charge is 0.271 e. The number of anilines is 1. The summed E-state index contributed by atoms with van der Waals surface area (Å²) in [5.74, 6) is -0.0801. The van der Waals surface area contributed by atoms with E-state index in [0.717, 1.165) is 36.2 Å². The summed E-state index contributed by atoms with van der Waals surface area (Å²) in [6, 6.07) is 10.1. The zero-order valence-electron chi connectivity index (χ0n) is 15.2. The van der Waals surface area contributed by atoms with Gasteiger partial charge in [-0.25, -0.2) is 8.42 Å². The molecule has 0 saturated carbocycles. The highest BCUT2D eigenvalue weighted by atomic mass is 35.5. The third kappa shape index (κ3) is 7.50. The maximum Gasteiger partial charge on any atom is 0.271 e. The summed E-state index contributed by atoms with van der Waals surface area (Å²) >= 11 is 1.16. The molecular weight excluding hydrogens is 406 g/mol. The number of unbranched alkanes of at least 4 members (excludes halogenated alkanes) is 1. The van der Waals surface area contributed by atoms with Gasteiger partial charge in [-0.05, 0) is 35.6 Å². The topological polar surface area (TPSA) is 101 Å². The van der Waals surface area contributed by atoms with E-state index in [2.05, 4.69) is 17.0 Å². The highest BCUT2D eigenvalue weighted by Crippen LogP contribution is 2.20. The fraction of sp³-hybridized carbons (Fsp3) is 0.389. The van der Waals surface area contributed by atoms with Crippen molar-refractivity contribution in [3.8, 4) is 0 Å². The predicted molar refractivity (Wildman–Crippen MR) is 113 cm³/mol. The minimum absolute atomic E-state index is 0. The Morgan fingerprint density at radius 3 is 2.48 bits per heavy atom. The maximum absolute atomic E-state index is 12.2. The molecule has 0 spiro atoms. The number of halogens is 1. The van der Waals surface area contributed by atoms with Crippen LogP contribution in [0.15, 0.2) is 46.0 Å². The molecule has 6 nitrogen and oxygen atoms in total. The minimum Gasteiger partial charge on any atom is -0.352 e. The Bertz CT molecular complexity index is 794. The third-order valence-corrected chi connectivity index (χ3v) is 6.67. The Morgan fingerprint density at radius 1 is 1.22 bits per heavy atom. The van der Waals surface area contributed by atoms with Crippen molar-refractivity contribution in [2.24, 2.45) is 5.73 Å². The summed E-state index contributed by atoms with van der Waals surface area (Å²) in [5.41, 5.74) is 6.97. The molecule has 0 fully saturated rings. The summed E-state index contributed by atoms with van der Waals surface area (Å²) in [7, 11) is -3.56. The highest BCUT2D eigenvalue weighted by molar-refractivity contribution is 7.94. The van der Waals surface area contributed by atoms with Crippen LogP contribution < -0.4 is 15.8 Å². The van der Waals surface area contributed by atoms with E-state index in [1.165, 1.54) is 0 Å². The van der Waals surface area contributed by atoms with Crippen molar-refractivity contribution >= 4 is 45.4 Å². The van der Waals surface area contributed by atoms with Crippen molar-refractivity contribution in [3.05, 3.63) is 47.3 Å². The Balaban J connectivity index is 0.00000364. The Hall–Kier alpha value is -1.61. The Labute approximate surface area is 171 Å². The molecule has 0 radical (unpaired) electrons. The first-order valence-corrected chi connectivity index (χ1v) is 11.0. The zero-order chi connectivity index (χ0) is 19.0. The molecule has 0 saturated heterocycles. The van der Waals surface area contributed by atoms with Gasteiger partial charge in [-0.15, -0.1) is 23.7 Å². The van der Waals surface area contributed by atoms with Gasteiger partial charge in [0.25, 0.3) is 10.0 Å². The second-order valence-corrected chi connectivity index (χ2v) is 8.91. The van der Waals surface area contributed by atoms with Crippen LogP contribution >= 0.6 is 23.7 Å². The molecule has 0 aliphatic heterocycles. The van der Waals surface area contributed by atoms with Crippen LogP contribution in [0.4, 0.5) is 5.69 Å².